The van der Waals surface area contributed by atoms with Crippen LogP contribution in [0, 0.1) is 0 Å². The first-order valence-corrected chi connectivity index (χ1v) is 10.9. The summed E-state index contributed by atoms with van der Waals surface area (Å²) < 4.78 is 30.4. The van der Waals surface area contributed by atoms with Gasteiger partial charge in [-0.2, -0.15) is 0 Å². The zero-order chi connectivity index (χ0) is 19.6. The predicted octanol–water partition coefficient (Wildman–Crippen LogP) is 4.94. The zero-order valence-corrected chi connectivity index (χ0v) is 17.0. The highest BCUT2D eigenvalue weighted by atomic mass is 31.2. The number of nitrogens with one attached hydrogen (secondary N) is 1. The van der Waals surface area contributed by atoms with Crippen molar-refractivity contribution in [3.05, 3.63) is 65.9 Å². The third kappa shape index (κ3) is 4.15. The van der Waals surface area contributed by atoms with Crippen LogP contribution in [-0.2, 0) is 20.0 Å². The van der Waals surface area contributed by atoms with Gasteiger partial charge in [0.05, 0.1) is 12.7 Å². The van der Waals surface area contributed by atoms with Crippen LogP contribution in [0.15, 0.2) is 54.7 Å². The maximum atomic E-state index is 13.2. The molecule has 3 aromatic rings. The minimum Gasteiger partial charge on any atom is -0.403 e. The molecule has 6 nitrogen and oxygen atoms in total. The number of aromatic nitrogens is 1. The first-order valence-electron chi connectivity index (χ1n) is 9.45. The van der Waals surface area contributed by atoms with Gasteiger partial charge >= 0.3 is 7.82 Å². The molecule has 0 spiro atoms. The second-order valence-corrected chi connectivity index (χ2v) is 8.76. The van der Waals surface area contributed by atoms with Crippen molar-refractivity contribution in [1.82, 2.24) is 9.88 Å². The van der Waals surface area contributed by atoms with E-state index < -0.39 is 7.82 Å². The van der Waals surface area contributed by atoms with Gasteiger partial charge in [0, 0.05) is 30.1 Å². The monoisotopic (exact) mass is 400 g/mol. The molecule has 148 valence electrons. The van der Waals surface area contributed by atoms with Crippen molar-refractivity contribution in [2.75, 3.05) is 27.2 Å². The summed E-state index contributed by atoms with van der Waals surface area (Å²) in [5.41, 5.74) is 3.03. The standard InChI is InChI=1S/C21H25N2O4P/c1-23(2)13-11-17-15-22-18-9-6-10-20(21(17)18)27-28(24)25-14-12-19(26-28)16-7-4-3-5-8-16/h3-10,15,19,22H,11-14H2,1-2H3. The molecular weight excluding hydrogens is 375 g/mol. The Balaban J connectivity index is 1.60. The van der Waals surface area contributed by atoms with E-state index in [-0.39, 0.29) is 6.10 Å². The third-order valence-corrected chi connectivity index (χ3v) is 6.28. The Morgan fingerprint density at radius 3 is 2.79 bits per heavy atom. The summed E-state index contributed by atoms with van der Waals surface area (Å²) in [4.78, 5) is 5.39. The molecule has 1 saturated heterocycles. The number of phosphoric ester groups is 1. The second-order valence-electron chi connectivity index (χ2n) is 7.21. The molecule has 0 amide bonds. The average molecular weight is 400 g/mol. The summed E-state index contributed by atoms with van der Waals surface area (Å²) in [5.74, 6) is 0.518. The molecule has 2 atom stereocenters. The number of hydrogen-bond donors (Lipinski definition) is 1. The molecule has 2 aromatic carbocycles. The van der Waals surface area contributed by atoms with Gasteiger partial charge in [-0.3, -0.25) is 9.05 Å². The quantitative estimate of drug-likeness (QED) is 0.594. The van der Waals surface area contributed by atoms with Crippen LogP contribution in [0.2, 0.25) is 0 Å². The van der Waals surface area contributed by atoms with Gasteiger partial charge in [-0.05, 0) is 43.8 Å². The lowest BCUT2D eigenvalue weighted by Gasteiger charge is -2.29. The lowest BCUT2D eigenvalue weighted by molar-refractivity contribution is 0.0512. The molecule has 0 saturated carbocycles. The Bertz CT molecular complexity index is 986. The maximum Gasteiger partial charge on any atom is 0.530 e. The van der Waals surface area contributed by atoms with E-state index in [4.69, 9.17) is 13.6 Å². The van der Waals surface area contributed by atoms with E-state index in [2.05, 4.69) is 9.88 Å². The SMILES string of the molecule is CN(C)CCc1c[nH]c2cccc(OP3(=O)OCCC(c4ccccc4)O3)c12. The number of likely N-dealkylation sites (N-methyl/N-ethyl adjacent to an activating group) is 1. The van der Waals surface area contributed by atoms with Crippen molar-refractivity contribution in [2.24, 2.45) is 0 Å². The van der Waals surface area contributed by atoms with Crippen LogP contribution in [0.25, 0.3) is 10.9 Å². The Labute approximate surface area is 165 Å². The predicted molar refractivity (Wildman–Crippen MR) is 110 cm³/mol. The van der Waals surface area contributed by atoms with Crippen LogP contribution < -0.4 is 4.52 Å². The number of hydrogen-bond acceptors (Lipinski definition) is 5. The molecule has 7 heteroatoms. The number of fused-ring (bicyclic) bond motifs is 1. The van der Waals surface area contributed by atoms with Crippen molar-refractivity contribution in [1.29, 1.82) is 0 Å². The van der Waals surface area contributed by atoms with Gasteiger partial charge < -0.3 is 14.4 Å². The molecule has 28 heavy (non-hydrogen) atoms. The van der Waals surface area contributed by atoms with Crippen molar-refractivity contribution < 1.29 is 18.1 Å². The Kier molecular flexibility index (Phi) is 5.56. The van der Waals surface area contributed by atoms with Gasteiger partial charge in [0.25, 0.3) is 0 Å². The fourth-order valence-electron chi connectivity index (χ4n) is 3.41. The second kappa shape index (κ2) is 8.10. The lowest BCUT2D eigenvalue weighted by atomic mass is 10.1. The summed E-state index contributed by atoms with van der Waals surface area (Å²) in [7, 11) is 0.360. The number of rotatable bonds is 6. The molecule has 1 aliphatic rings. The van der Waals surface area contributed by atoms with E-state index in [9.17, 15) is 4.57 Å². The van der Waals surface area contributed by atoms with Crippen LogP contribution in [0.4, 0.5) is 0 Å². The van der Waals surface area contributed by atoms with Crippen molar-refractivity contribution in [3.8, 4) is 5.75 Å². The number of aromatic amines is 1. The van der Waals surface area contributed by atoms with Gasteiger partial charge in [0.2, 0.25) is 0 Å². The smallest absolute Gasteiger partial charge is 0.403 e. The van der Waals surface area contributed by atoms with Gasteiger partial charge in [-0.1, -0.05) is 36.4 Å². The summed E-state index contributed by atoms with van der Waals surface area (Å²) in [6.07, 6.45) is 3.16. The topological polar surface area (TPSA) is 63.8 Å². The number of nitrogens with zero attached hydrogens (tertiary/aromatic N) is 1. The normalized spacial score (nSPS) is 22.6. The van der Waals surface area contributed by atoms with Gasteiger partial charge in [0.1, 0.15) is 5.75 Å². The first-order chi connectivity index (χ1) is 13.5. The summed E-state index contributed by atoms with van der Waals surface area (Å²) in [5, 5.41) is 0.925. The summed E-state index contributed by atoms with van der Waals surface area (Å²) in [6.45, 7) is 1.23. The fourth-order valence-corrected chi connectivity index (χ4v) is 4.83. The van der Waals surface area contributed by atoms with Gasteiger partial charge in [-0.15, -0.1) is 0 Å². The van der Waals surface area contributed by atoms with E-state index in [1.54, 1.807) is 0 Å². The summed E-state index contributed by atoms with van der Waals surface area (Å²) in [6, 6.07) is 15.4. The molecule has 1 aromatic heterocycles. The van der Waals surface area contributed by atoms with E-state index >= 15 is 0 Å². The molecule has 1 fully saturated rings. The summed E-state index contributed by atoms with van der Waals surface area (Å²) >= 11 is 0. The molecule has 1 N–H and O–H groups in total. The molecule has 2 heterocycles. The average Bonchev–Trinajstić information content (AvgIpc) is 3.11. The van der Waals surface area contributed by atoms with E-state index in [0.717, 1.165) is 35.0 Å². The van der Waals surface area contributed by atoms with Crippen molar-refractivity contribution in [2.45, 2.75) is 18.9 Å². The highest BCUT2D eigenvalue weighted by molar-refractivity contribution is 7.49. The molecule has 0 bridgehead atoms. The van der Waals surface area contributed by atoms with E-state index in [1.807, 2.05) is 68.8 Å². The fraction of sp³-hybridized carbons (Fsp3) is 0.333. The molecule has 4 rings (SSSR count). The van der Waals surface area contributed by atoms with Crippen LogP contribution in [0.5, 0.6) is 5.75 Å². The van der Waals surface area contributed by atoms with Crippen LogP contribution in [0.3, 0.4) is 0 Å². The molecular formula is C21H25N2O4P. The lowest BCUT2D eigenvalue weighted by Crippen LogP contribution is -2.17. The number of H-pyrrole nitrogens is 1. The molecule has 0 aliphatic carbocycles. The van der Waals surface area contributed by atoms with Crippen molar-refractivity contribution >= 4 is 18.7 Å². The molecule has 2 unspecified atom stereocenters. The van der Waals surface area contributed by atoms with Gasteiger partial charge in [0.15, 0.2) is 0 Å². The van der Waals surface area contributed by atoms with Crippen molar-refractivity contribution in [3.63, 3.8) is 0 Å². The first kappa shape index (κ1) is 19.2. The molecule has 1 aliphatic heterocycles. The number of benzene rings is 2. The highest BCUT2D eigenvalue weighted by Gasteiger charge is 2.38. The Morgan fingerprint density at radius 1 is 1.18 bits per heavy atom. The van der Waals surface area contributed by atoms with Crippen LogP contribution in [-0.4, -0.2) is 37.1 Å². The Hall–Kier alpha value is -2.11. The zero-order valence-electron chi connectivity index (χ0n) is 16.1. The van der Waals surface area contributed by atoms with Crippen LogP contribution >= 0.6 is 7.82 Å². The molecule has 0 radical (unpaired) electrons. The third-order valence-electron chi connectivity index (χ3n) is 4.84. The minimum atomic E-state index is -3.72. The minimum absolute atomic E-state index is 0.306. The Morgan fingerprint density at radius 2 is 2.00 bits per heavy atom. The van der Waals surface area contributed by atoms with Gasteiger partial charge in [-0.25, -0.2) is 4.57 Å². The van der Waals surface area contributed by atoms with Crippen LogP contribution in [0.1, 0.15) is 23.7 Å². The largest absolute Gasteiger partial charge is 0.530 e. The highest BCUT2D eigenvalue weighted by Crippen LogP contribution is 2.57. The van der Waals surface area contributed by atoms with E-state index in [1.165, 1.54) is 0 Å². The maximum absolute atomic E-state index is 13.2. The van der Waals surface area contributed by atoms with E-state index in [0.29, 0.717) is 18.8 Å². The number of phosphoric acid groups is 1.